The van der Waals surface area contributed by atoms with Crippen molar-refractivity contribution in [2.24, 2.45) is 11.8 Å². The van der Waals surface area contributed by atoms with E-state index in [1.165, 1.54) is 22.2 Å². The maximum atomic E-state index is 13.6. The van der Waals surface area contributed by atoms with Gasteiger partial charge in [-0.2, -0.15) is 0 Å². The lowest BCUT2D eigenvalue weighted by atomic mass is 9.75. The van der Waals surface area contributed by atoms with E-state index in [0.29, 0.717) is 13.2 Å². The molecule has 0 radical (unpaired) electrons. The molecule has 158 valence electrons. The number of benzene rings is 2. The van der Waals surface area contributed by atoms with Gasteiger partial charge in [-0.25, -0.2) is 0 Å². The predicted molar refractivity (Wildman–Crippen MR) is 118 cm³/mol. The number of carbonyl (C=O) groups is 1. The average Bonchev–Trinajstić information content (AvgIpc) is 3.19. The van der Waals surface area contributed by atoms with Crippen LogP contribution in [0, 0.1) is 11.8 Å². The number of para-hydroxylation sites is 1. The molecule has 6 rings (SSSR count). The summed E-state index contributed by atoms with van der Waals surface area (Å²) in [5.41, 5.74) is 4.89. The molecule has 1 amide bonds. The summed E-state index contributed by atoms with van der Waals surface area (Å²) in [4.78, 5) is 19.3. The van der Waals surface area contributed by atoms with E-state index in [1.807, 2.05) is 30.3 Å². The molecule has 31 heavy (non-hydrogen) atoms. The number of aromatic amines is 1. The zero-order valence-electron chi connectivity index (χ0n) is 17.4. The number of fused-ring (bicyclic) bond motifs is 6. The highest BCUT2D eigenvalue weighted by Gasteiger charge is 2.49. The van der Waals surface area contributed by atoms with Crippen molar-refractivity contribution >= 4 is 16.8 Å². The number of H-pyrrole nitrogens is 1. The van der Waals surface area contributed by atoms with Gasteiger partial charge in [0.1, 0.15) is 6.10 Å². The third kappa shape index (κ3) is 3.15. The molecule has 1 N–H and O–H groups in total. The zero-order chi connectivity index (χ0) is 20.8. The minimum Gasteiger partial charge on any atom is -0.495 e. The van der Waals surface area contributed by atoms with E-state index < -0.39 is 0 Å². The lowest BCUT2D eigenvalue weighted by molar-refractivity contribution is -0.155. The van der Waals surface area contributed by atoms with E-state index in [4.69, 9.17) is 9.47 Å². The second-order valence-electron chi connectivity index (χ2n) is 8.79. The fourth-order valence-corrected chi connectivity index (χ4v) is 5.58. The van der Waals surface area contributed by atoms with Gasteiger partial charge in [-0.3, -0.25) is 4.79 Å². The zero-order valence-corrected chi connectivity index (χ0v) is 17.4. The van der Waals surface area contributed by atoms with Crippen molar-refractivity contribution in [3.8, 4) is 0 Å². The summed E-state index contributed by atoms with van der Waals surface area (Å²) < 4.78 is 11.8. The largest absolute Gasteiger partial charge is 0.495 e. The van der Waals surface area contributed by atoms with E-state index >= 15 is 0 Å². The summed E-state index contributed by atoms with van der Waals surface area (Å²) in [5, 5.41) is 1.29. The van der Waals surface area contributed by atoms with Crippen LogP contribution in [0.5, 0.6) is 0 Å². The number of nitrogens with zero attached hydrogens (tertiary/aromatic N) is 1. The van der Waals surface area contributed by atoms with E-state index in [9.17, 15) is 4.79 Å². The molecule has 1 aromatic heterocycles. The number of hydrogen-bond acceptors (Lipinski definition) is 3. The Bertz CT molecular complexity index is 1140. The molecule has 5 nitrogen and oxygen atoms in total. The van der Waals surface area contributed by atoms with Gasteiger partial charge in [0.15, 0.2) is 0 Å². The fourth-order valence-electron chi connectivity index (χ4n) is 5.58. The molecule has 0 aliphatic carbocycles. The molecule has 1 fully saturated rings. The summed E-state index contributed by atoms with van der Waals surface area (Å²) >= 11 is 0. The van der Waals surface area contributed by atoms with Gasteiger partial charge in [0, 0.05) is 23.1 Å². The number of ether oxygens (including phenoxy) is 2. The molecule has 0 spiro atoms. The first-order valence-corrected chi connectivity index (χ1v) is 11.1. The number of amides is 1. The fraction of sp³-hybridized carbons (Fsp3) is 0.346. The summed E-state index contributed by atoms with van der Waals surface area (Å²) in [6, 6.07) is 18.7. The minimum absolute atomic E-state index is 0.110. The number of hydrogen-bond donors (Lipinski definition) is 1. The second kappa shape index (κ2) is 7.57. The van der Waals surface area contributed by atoms with E-state index in [1.54, 1.807) is 6.26 Å². The minimum atomic E-state index is -0.240. The molecule has 0 unspecified atom stereocenters. The molecule has 0 saturated carbocycles. The Morgan fingerprint density at radius 2 is 1.94 bits per heavy atom. The van der Waals surface area contributed by atoms with Crippen molar-refractivity contribution < 1.29 is 14.3 Å². The van der Waals surface area contributed by atoms with Crippen molar-refractivity contribution in [2.75, 3.05) is 13.2 Å². The maximum absolute atomic E-state index is 13.6. The standard InChI is InChI=1S/C26H26N2O3/c29-26-24-18(11-13-31-23(24)16-30-15-17-6-2-1-3-7-17)14-22-25-20(10-12-28(22)26)19-8-4-5-9-21(19)27-25/h1-9,11,13,18,22-24,27H,10,12,14-16H2/t18-,22-,23-,24-/m1/s1. The Morgan fingerprint density at radius 1 is 1.10 bits per heavy atom. The Morgan fingerprint density at radius 3 is 2.84 bits per heavy atom. The topological polar surface area (TPSA) is 54.6 Å². The molecule has 4 atom stereocenters. The first kappa shape index (κ1) is 18.7. The monoisotopic (exact) mass is 414 g/mol. The van der Waals surface area contributed by atoms with Crippen LogP contribution in [0.3, 0.4) is 0 Å². The molecule has 5 heteroatoms. The van der Waals surface area contributed by atoms with Crippen LogP contribution < -0.4 is 0 Å². The van der Waals surface area contributed by atoms with Crippen molar-refractivity contribution in [2.45, 2.75) is 31.6 Å². The first-order chi connectivity index (χ1) is 15.3. The van der Waals surface area contributed by atoms with Gasteiger partial charge in [0.25, 0.3) is 0 Å². The Kier molecular flexibility index (Phi) is 4.57. The highest BCUT2D eigenvalue weighted by Crippen LogP contribution is 2.46. The second-order valence-corrected chi connectivity index (χ2v) is 8.79. The van der Waals surface area contributed by atoms with Crippen LogP contribution in [-0.4, -0.2) is 35.0 Å². The summed E-state index contributed by atoms with van der Waals surface area (Å²) in [6.07, 6.45) is 5.42. The van der Waals surface area contributed by atoms with Gasteiger partial charge >= 0.3 is 0 Å². The van der Waals surface area contributed by atoms with Crippen LogP contribution in [0.4, 0.5) is 0 Å². The summed E-state index contributed by atoms with van der Waals surface area (Å²) in [6.45, 7) is 1.71. The third-order valence-corrected chi connectivity index (χ3v) is 7.06. The van der Waals surface area contributed by atoms with Crippen molar-refractivity contribution in [1.29, 1.82) is 0 Å². The maximum Gasteiger partial charge on any atom is 0.230 e. The van der Waals surface area contributed by atoms with Crippen LogP contribution in [-0.2, 0) is 27.3 Å². The first-order valence-electron chi connectivity index (χ1n) is 11.1. The number of nitrogens with one attached hydrogen (secondary N) is 1. The van der Waals surface area contributed by atoms with Crippen molar-refractivity contribution in [3.05, 3.63) is 83.8 Å². The highest BCUT2D eigenvalue weighted by atomic mass is 16.5. The van der Waals surface area contributed by atoms with Gasteiger partial charge in [0.2, 0.25) is 5.91 Å². The third-order valence-electron chi connectivity index (χ3n) is 7.06. The number of piperidine rings is 1. The van der Waals surface area contributed by atoms with Gasteiger partial charge in [-0.05, 0) is 42.0 Å². The molecule has 0 bridgehead atoms. The number of allylic oxidation sites excluding steroid dienone is 1. The summed E-state index contributed by atoms with van der Waals surface area (Å²) in [7, 11) is 0. The smallest absolute Gasteiger partial charge is 0.230 e. The average molecular weight is 415 g/mol. The highest BCUT2D eigenvalue weighted by molar-refractivity contribution is 5.87. The number of rotatable bonds is 4. The Labute approximate surface area is 181 Å². The van der Waals surface area contributed by atoms with Crippen LogP contribution in [0.25, 0.3) is 10.9 Å². The van der Waals surface area contributed by atoms with Gasteiger partial charge in [0.05, 0.1) is 31.4 Å². The Balaban J connectivity index is 1.23. The molecule has 4 heterocycles. The molecule has 3 aliphatic heterocycles. The van der Waals surface area contributed by atoms with E-state index in [2.05, 4.69) is 40.2 Å². The molecule has 3 aliphatic rings. The Hall–Kier alpha value is -3.05. The lowest BCUT2D eigenvalue weighted by Gasteiger charge is -2.47. The predicted octanol–water partition coefficient (Wildman–Crippen LogP) is 4.36. The molecule has 1 saturated heterocycles. The van der Waals surface area contributed by atoms with Gasteiger partial charge in [-0.1, -0.05) is 48.5 Å². The van der Waals surface area contributed by atoms with Crippen molar-refractivity contribution in [3.63, 3.8) is 0 Å². The lowest BCUT2D eigenvalue weighted by Crippen LogP contribution is -2.55. The van der Waals surface area contributed by atoms with Gasteiger partial charge < -0.3 is 19.4 Å². The van der Waals surface area contributed by atoms with Crippen LogP contribution in [0.2, 0.25) is 0 Å². The number of aromatic nitrogens is 1. The molecular formula is C26H26N2O3. The van der Waals surface area contributed by atoms with Crippen LogP contribution in [0.15, 0.2) is 66.9 Å². The van der Waals surface area contributed by atoms with Gasteiger partial charge in [-0.15, -0.1) is 0 Å². The van der Waals surface area contributed by atoms with E-state index in [-0.39, 0.29) is 29.9 Å². The number of carbonyl (C=O) groups excluding carboxylic acids is 1. The summed E-state index contributed by atoms with van der Waals surface area (Å²) in [5.74, 6) is 0.191. The SMILES string of the molecule is O=C1[C@@H]2[C@H](C=CO[C@@H]2COCc2ccccc2)C[C@@H]2c3[nH]c4ccccc4c3CCN12. The normalized spacial score (nSPS) is 26.8. The molecule has 2 aromatic carbocycles. The van der Waals surface area contributed by atoms with Crippen molar-refractivity contribution in [1.82, 2.24) is 9.88 Å². The molecule has 3 aromatic rings. The quantitative estimate of drug-likeness (QED) is 0.690. The van der Waals surface area contributed by atoms with Crippen LogP contribution in [0.1, 0.15) is 29.3 Å². The van der Waals surface area contributed by atoms with Crippen LogP contribution >= 0.6 is 0 Å². The van der Waals surface area contributed by atoms with E-state index in [0.717, 1.165) is 24.9 Å². The molecular weight excluding hydrogens is 388 g/mol.